The number of anilines is 2. The van der Waals surface area contributed by atoms with E-state index in [1.54, 1.807) is 0 Å². The van der Waals surface area contributed by atoms with Gasteiger partial charge in [-0.05, 0) is 98.5 Å². The Hall–Kier alpha value is -2.07. The fraction of sp³-hybridized carbons (Fsp3) is 0.552. The Kier molecular flexibility index (Phi) is 7.95. The van der Waals surface area contributed by atoms with Crippen LogP contribution in [0.25, 0.3) is 0 Å². The molecule has 0 bridgehead atoms. The third kappa shape index (κ3) is 5.54. The molecular weight excluding hydrogens is 422 g/mol. The lowest BCUT2D eigenvalue weighted by atomic mass is 9.84. The monoisotopic (exact) mass is 463 g/mol. The molecule has 1 fully saturated rings. The van der Waals surface area contributed by atoms with Crippen LogP contribution in [0.15, 0.2) is 36.4 Å². The number of hydrogen-bond acceptors (Lipinski definition) is 2. The predicted octanol–water partition coefficient (Wildman–Crippen LogP) is 7.24. The second-order valence-electron chi connectivity index (χ2n) is 10.2. The number of benzene rings is 2. The average Bonchev–Trinajstić information content (AvgIpc) is 2.81. The van der Waals surface area contributed by atoms with Gasteiger partial charge in [0.15, 0.2) is 5.11 Å². The number of hydrogen-bond donors (Lipinski definition) is 1. The minimum absolute atomic E-state index is 0.497. The van der Waals surface area contributed by atoms with E-state index in [4.69, 9.17) is 12.2 Å². The van der Waals surface area contributed by atoms with Crippen molar-refractivity contribution < 1.29 is 0 Å². The van der Waals surface area contributed by atoms with Gasteiger partial charge < -0.3 is 15.1 Å². The first-order chi connectivity index (χ1) is 16.0. The largest absolute Gasteiger partial charge is 0.371 e. The second kappa shape index (κ2) is 10.9. The van der Waals surface area contributed by atoms with Crippen molar-refractivity contribution in [2.24, 2.45) is 5.92 Å². The van der Waals surface area contributed by atoms with E-state index in [1.807, 2.05) is 0 Å². The first-order valence-electron chi connectivity index (χ1n) is 13.0. The Morgan fingerprint density at radius 3 is 2.73 bits per heavy atom. The topological polar surface area (TPSA) is 18.5 Å². The van der Waals surface area contributed by atoms with Crippen LogP contribution in [0, 0.1) is 19.8 Å². The van der Waals surface area contributed by atoms with E-state index in [9.17, 15) is 0 Å². The van der Waals surface area contributed by atoms with Crippen LogP contribution in [-0.2, 0) is 13.0 Å². The molecule has 2 aliphatic rings. The van der Waals surface area contributed by atoms with Crippen molar-refractivity contribution in [2.75, 3.05) is 23.3 Å². The Balaban J connectivity index is 1.59. The number of aryl methyl sites for hydroxylation is 2. The molecule has 0 saturated heterocycles. The van der Waals surface area contributed by atoms with Crippen LogP contribution in [0.1, 0.15) is 74.6 Å². The van der Waals surface area contributed by atoms with Gasteiger partial charge in [0.05, 0.1) is 0 Å². The molecule has 33 heavy (non-hydrogen) atoms. The summed E-state index contributed by atoms with van der Waals surface area (Å²) in [7, 11) is 0. The van der Waals surface area contributed by atoms with Gasteiger partial charge in [0.1, 0.15) is 0 Å². The highest BCUT2D eigenvalue weighted by atomic mass is 32.1. The van der Waals surface area contributed by atoms with Crippen molar-refractivity contribution in [1.82, 2.24) is 4.90 Å². The van der Waals surface area contributed by atoms with Crippen LogP contribution in [0.5, 0.6) is 0 Å². The zero-order chi connectivity index (χ0) is 23.4. The summed E-state index contributed by atoms with van der Waals surface area (Å²) in [4.78, 5) is 5.06. The van der Waals surface area contributed by atoms with Gasteiger partial charge in [0.2, 0.25) is 0 Å². The zero-order valence-corrected chi connectivity index (χ0v) is 21.8. The van der Waals surface area contributed by atoms with Crippen LogP contribution < -0.4 is 10.2 Å². The molecule has 4 rings (SSSR count). The molecule has 0 amide bonds. The predicted molar refractivity (Wildman–Crippen MR) is 146 cm³/mol. The summed E-state index contributed by atoms with van der Waals surface area (Å²) in [5, 5.41) is 4.49. The molecule has 1 aliphatic heterocycles. The molecule has 1 heterocycles. The minimum Gasteiger partial charge on any atom is -0.371 e. The van der Waals surface area contributed by atoms with Gasteiger partial charge in [-0.1, -0.05) is 51.0 Å². The number of thiocarbonyl (C=S) groups is 1. The highest BCUT2D eigenvalue weighted by Gasteiger charge is 2.29. The van der Waals surface area contributed by atoms with Crippen molar-refractivity contribution >= 4 is 28.7 Å². The van der Waals surface area contributed by atoms with Crippen molar-refractivity contribution in [3.8, 4) is 0 Å². The molecule has 0 spiro atoms. The summed E-state index contributed by atoms with van der Waals surface area (Å²) in [6.45, 7) is 12.3. The summed E-state index contributed by atoms with van der Waals surface area (Å²) in [5.41, 5.74) is 8.05. The molecule has 1 saturated carbocycles. The molecule has 178 valence electrons. The Labute approximate surface area is 206 Å². The highest BCUT2D eigenvalue weighted by molar-refractivity contribution is 7.80. The number of rotatable bonds is 6. The van der Waals surface area contributed by atoms with E-state index in [0.29, 0.717) is 12.0 Å². The lowest BCUT2D eigenvalue weighted by molar-refractivity contribution is 0.177. The molecular formula is C29H41N3S. The Bertz CT molecular complexity index is 969. The fourth-order valence-electron chi connectivity index (χ4n) is 5.70. The third-order valence-corrected chi connectivity index (χ3v) is 8.12. The van der Waals surface area contributed by atoms with E-state index in [2.05, 4.69) is 79.2 Å². The van der Waals surface area contributed by atoms with Crippen LogP contribution in [-0.4, -0.2) is 29.1 Å². The summed E-state index contributed by atoms with van der Waals surface area (Å²) < 4.78 is 0. The van der Waals surface area contributed by atoms with Crippen LogP contribution in [0.4, 0.5) is 11.4 Å². The second-order valence-corrected chi connectivity index (χ2v) is 10.6. The smallest absolute Gasteiger partial charge is 0.173 e. The summed E-state index contributed by atoms with van der Waals surface area (Å²) in [5.74, 6) is 0.662. The fourth-order valence-corrected chi connectivity index (χ4v) is 6.01. The molecule has 4 heteroatoms. The van der Waals surface area contributed by atoms with Crippen molar-refractivity contribution in [2.45, 2.75) is 85.2 Å². The van der Waals surface area contributed by atoms with E-state index in [-0.39, 0.29) is 0 Å². The summed E-state index contributed by atoms with van der Waals surface area (Å²) in [6, 6.07) is 14.1. The van der Waals surface area contributed by atoms with Gasteiger partial charge in [0, 0.05) is 37.1 Å². The van der Waals surface area contributed by atoms with Crippen LogP contribution in [0.2, 0.25) is 0 Å². The van der Waals surface area contributed by atoms with Crippen LogP contribution >= 0.6 is 12.2 Å². The lowest BCUT2D eigenvalue weighted by Crippen LogP contribution is -2.46. The van der Waals surface area contributed by atoms with E-state index in [1.165, 1.54) is 79.4 Å². The number of nitrogens with one attached hydrogen (secondary N) is 1. The zero-order valence-electron chi connectivity index (χ0n) is 21.0. The molecule has 2 atom stereocenters. The summed E-state index contributed by atoms with van der Waals surface area (Å²) >= 11 is 6.07. The van der Waals surface area contributed by atoms with E-state index >= 15 is 0 Å². The molecule has 2 unspecified atom stereocenters. The van der Waals surface area contributed by atoms with Crippen molar-refractivity contribution in [3.63, 3.8) is 0 Å². The molecule has 3 nitrogen and oxygen atoms in total. The normalized spacial score (nSPS) is 20.3. The van der Waals surface area contributed by atoms with Gasteiger partial charge in [-0.15, -0.1) is 0 Å². The molecule has 2 aromatic carbocycles. The van der Waals surface area contributed by atoms with E-state index in [0.717, 1.165) is 23.9 Å². The summed E-state index contributed by atoms with van der Waals surface area (Å²) in [6.07, 6.45) is 8.81. The molecule has 1 aliphatic carbocycles. The SMILES string of the molecule is CCCN1CCCc2cc(CN(C(=S)Nc3cccc(C)c3C)C3CCCCC3C)ccc21. The van der Waals surface area contributed by atoms with Gasteiger partial charge >= 0.3 is 0 Å². The minimum atomic E-state index is 0.497. The maximum Gasteiger partial charge on any atom is 0.173 e. The van der Waals surface area contributed by atoms with Gasteiger partial charge in [0.25, 0.3) is 0 Å². The molecule has 0 radical (unpaired) electrons. The third-order valence-electron chi connectivity index (χ3n) is 7.78. The molecule has 0 aromatic heterocycles. The number of fused-ring (bicyclic) bond motifs is 1. The van der Waals surface area contributed by atoms with Crippen molar-refractivity contribution in [1.29, 1.82) is 0 Å². The maximum absolute atomic E-state index is 6.07. The van der Waals surface area contributed by atoms with Gasteiger partial charge in [-0.3, -0.25) is 0 Å². The number of nitrogens with zero attached hydrogens (tertiary/aromatic N) is 2. The Morgan fingerprint density at radius 2 is 1.94 bits per heavy atom. The first kappa shape index (κ1) is 24.1. The average molecular weight is 464 g/mol. The standard InChI is InChI=1S/C29H41N3S/c1-5-17-31-18-9-12-25-19-24(15-16-28(25)31)20-32(27-14-7-6-10-22(27)3)29(33)30-26-13-8-11-21(2)23(26)4/h8,11,13,15-16,19,22,27H,5-7,9-10,12,14,17-18,20H2,1-4H3,(H,30,33). The first-order valence-corrected chi connectivity index (χ1v) is 13.4. The van der Waals surface area contributed by atoms with Crippen LogP contribution in [0.3, 0.4) is 0 Å². The lowest BCUT2D eigenvalue weighted by Gasteiger charge is -2.40. The van der Waals surface area contributed by atoms with Crippen molar-refractivity contribution in [3.05, 3.63) is 58.7 Å². The Morgan fingerprint density at radius 1 is 1.12 bits per heavy atom. The molecule has 1 N–H and O–H groups in total. The highest BCUT2D eigenvalue weighted by Crippen LogP contribution is 2.32. The quantitative estimate of drug-likeness (QED) is 0.455. The van der Waals surface area contributed by atoms with Gasteiger partial charge in [-0.2, -0.15) is 0 Å². The maximum atomic E-state index is 6.07. The van der Waals surface area contributed by atoms with Gasteiger partial charge in [-0.25, -0.2) is 0 Å². The molecule has 2 aromatic rings. The van der Waals surface area contributed by atoms with E-state index < -0.39 is 0 Å².